The zero-order valence-corrected chi connectivity index (χ0v) is 10.3. The lowest BCUT2D eigenvalue weighted by Gasteiger charge is -1.99. The zero-order chi connectivity index (χ0) is 11.4. The van der Waals surface area contributed by atoms with Crippen molar-refractivity contribution in [2.24, 2.45) is 0 Å². The quantitative estimate of drug-likeness (QED) is 0.822. The number of nitrogen functional groups attached to an aromatic ring is 1. The van der Waals surface area contributed by atoms with Gasteiger partial charge in [-0.1, -0.05) is 25.5 Å². The first-order chi connectivity index (χ1) is 7.78. The third-order valence-electron chi connectivity index (χ3n) is 2.41. The molecule has 2 N–H and O–H groups in total. The van der Waals surface area contributed by atoms with Gasteiger partial charge in [-0.15, -0.1) is 11.3 Å². The molecule has 0 amide bonds. The highest BCUT2D eigenvalue weighted by atomic mass is 32.1. The van der Waals surface area contributed by atoms with Crippen LogP contribution in [0.5, 0.6) is 0 Å². The molecule has 0 atom stereocenters. The van der Waals surface area contributed by atoms with Gasteiger partial charge in [-0.2, -0.15) is 0 Å². The van der Waals surface area contributed by atoms with E-state index in [1.54, 1.807) is 11.3 Å². The topological polar surface area (TPSA) is 38.9 Å². The minimum atomic E-state index is 0.822. The van der Waals surface area contributed by atoms with Crippen LogP contribution in [0.15, 0.2) is 29.6 Å². The molecular formula is C13H16N2S. The van der Waals surface area contributed by atoms with Gasteiger partial charge in [-0.3, -0.25) is 0 Å². The minimum Gasteiger partial charge on any atom is -0.399 e. The van der Waals surface area contributed by atoms with E-state index in [2.05, 4.69) is 23.4 Å². The lowest BCUT2D eigenvalue weighted by Crippen LogP contribution is -1.91. The van der Waals surface area contributed by atoms with Crippen LogP contribution >= 0.6 is 11.3 Å². The van der Waals surface area contributed by atoms with E-state index in [9.17, 15) is 0 Å². The van der Waals surface area contributed by atoms with Crippen LogP contribution in [0.25, 0.3) is 0 Å². The van der Waals surface area contributed by atoms with Gasteiger partial charge >= 0.3 is 0 Å². The summed E-state index contributed by atoms with van der Waals surface area (Å²) in [6.45, 7) is 2.18. The fourth-order valence-electron chi connectivity index (χ4n) is 1.68. The number of hydrogen-bond acceptors (Lipinski definition) is 3. The Hall–Kier alpha value is -1.35. The number of hydrogen-bond donors (Lipinski definition) is 1. The smallest absolute Gasteiger partial charge is 0.0972 e. The summed E-state index contributed by atoms with van der Waals surface area (Å²) in [4.78, 5) is 4.60. The molecule has 1 aromatic carbocycles. The van der Waals surface area contributed by atoms with Crippen molar-refractivity contribution in [1.82, 2.24) is 4.98 Å². The second-order valence-corrected chi connectivity index (χ2v) is 4.85. The molecule has 2 rings (SSSR count). The molecule has 0 fully saturated rings. The third-order valence-corrected chi connectivity index (χ3v) is 3.31. The molecule has 2 nitrogen and oxygen atoms in total. The number of anilines is 1. The van der Waals surface area contributed by atoms with E-state index in [-0.39, 0.29) is 0 Å². The van der Waals surface area contributed by atoms with Gasteiger partial charge in [0.2, 0.25) is 0 Å². The Balaban J connectivity index is 2.08. The monoisotopic (exact) mass is 232 g/mol. The van der Waals surface area contributed by atoms with Crippen LogP contribution in [0.1, 0.15) is 29.6 Å². The lowest BCUT2D eigenvalue weighted by molar-refractivity contribution is 0.883. The zero-order valence-electron chi connectivity index (χ0n) is 9.44. The van der Waals surface area contributed by atoms with Gasteiger partial charge in [-0.25, -0.2) is 4.98 Å². The molecule has 16 heavy (non-hydrogen) atoms. The maximum Gasteiger partial charge on any atom is 0.0972 e. The van der Waals surface area contributed by atoms with Crippen LogP contribution in [-0.2, 0) is 12.8 Å². The van der Waals surface area contributed by atoms with Crippen LogP contribution in [0.4, 0.5) is 5.69 Å². The molecule has 0 spiro atoms. The van der Waals surface area contributed by atoms with E-state index in [4.69, 9.17) is 5.73 Å². The van der Waals surface area contributed by atoms with Crippen LogP contribution in [0.3, 0.4) is 0 Å². The molecule has 0 aliphatic carbocycles. The van der Waals surface area contributed by atoms with Crippen LogP contribution in [0.2, 0.25) is 0 Å². The first-order valence-corrected chi connectivity index (χ1v) is 6.43. The first-order valence-electron chi connectivity index (χ1n) is 5.55. The summed E-state index contributed by atoms with van der Waals surface area (Å²) in [5, 5.41) is 3.33. The van der Waals surface area contributed by atoms with Crippen LogP contribution < -0.4 is 5.73 Å². The van der Waals surface area contributed by atoms with Gasteiger partial charge in [0.15, 0.2) is 0 Å². The Kier molecular flexibility index (Phi) is 3.57. The minimum absolute atomic E-state index is 0.822. The van der Waals surface area contributed by atoms with Crippen molar-refractivity contribution in [2.75, 3.05) is 5.73 Å². The summed E-state index contributed by atoms with van der Waals surface area (Å²) >= 11 is 1.74. The predicted molar refractivity (Wildman–Crippen MR) is 69.8 cm³/mol. The normalized spacial score (nSPS) is 10.6. The highest BCUT2D eigenvalue weighted by molar-refractivity contribution is 7.09. The van der Waals surface area contributed by atoms with Gasteiger partial charge in [-0.05, 0) is 24.1 Å². The van der Waals surface area contributed by atoms with Gasteiger partial charge in [0.05, 0.1) is 10.7 Å². The molecule has 0 aliphatic heterocycles. The molecule has 0 bridgehead atoms. The maximum atomic E-state index is 5.75. The summed E-state index contributed by atoms with van der Waals surface area (Å²) in [7, 11) is 0. The summed E-state index contributed by atoms with van der Waals surface area (Å²) in [6, 6.07) is 8.01. The number of rotatable bonds is 4. The number of aromatic nitrogens is 1. The third kappa shape index (κ3) is 2.83. The number of nitrogens with zero attached hydrogens (tertiary/aromatic N) is 1. The van der Waals surface area contributed by atoms with Crippen molar-refractivity contribution in [3.05, 3.63) is 45.9 Å². The molecule has 2 aromatic rings. The standard InChI is InChI=1S/C13H16N2S/c1-2-4-12-9-16-13(15-12)8-10-5-3-6-11(14)7-10/h3,5-7,9H,2,4,8,14H2,1H3. The molecule has 1 heterocycles. The van der Waals surface area contributed by atoms with E-state index in [0.29, 0.717) is 0 Å². The second kappa shape index (κ2) is 5.12. The number of benzene rings is 1. The molecular weight excluding hydrogens is 216 g/mol. The Morgan fingerprint density at radius 2 is 2.25 bits per heavy atom. The van der Waals surface area contributed by atoms with Crippen LogP contribution in [-0.4, -0.2) is 4.98 Å². The summed E-state index contributed by atoms with van der Waals surface area (Å²) < 4.78 is 0. The molecule has 0 aliphatic rings. The summed E-state index contributed by atoms with van der Waals surface area (Å²) in [5.74, 6) is 0. The van der Waals surface area contributed by atoms with Crippen molar-refractivity contribution in [3.63, 3.8) is 0 Å². The first kappa shape index (κ1) is 11.1. The maximum absolute atomic E-state index is 5.75. The average molecular weight is 232 g/mol. The average Bonchev–Trinajstić information content (AvgIpc) is 2.66. The lowest BCUT2D eigenvalue weighted by atomic mass is 10.1. The Morgan fingerprint density at radius 1 is 1.38 bits per heavy atom. The Labute approximate surface area is 100 Å². The molecule has 0 radical (unpaired) electrons. The molecule has 3 heteroatoms. The van der Waals surface area contributed by atoms with Crippen molar-refractivity contribution in [1.29, 1.82) is 0 Å². The number of thiazole rings is 1. The Morgan fingerprint density at radius 3 is 3.00 bits per heavy atom. The van der Waals surface area contributed by atoms with Gasteiger partial charge in [0.1, 0.15) is 0 Å². The summed E-state index contributed by atoms with van der Waals surface area (Å²) in [5.41, 5.74) is 9.02. The molecule has 0 unspecified atom stereocenters. The van der Waals surface area contributed by atoms with E-state index in [1.807, 2.05) is 18.2 Å². The molecule has 0 saturated carbocycles. The van der Waals surface area contributed by atoms with Crippen molar-refractivity contribution < 1.29 is 0 Å². The second-order valence-electron chi connectivity index (χ2n) is 3.90. The van der Waals surface area contributed by atoms with E-state index >= 15 is 0 Å². The number of aryl methyl sites for hydroxylation is 1. The van der Waals surface area contributed by atoms with E-state index < -0.39 is 0 Å². The summed E-state index contributed by atoms with van der Waals surface area (Å²) in [6.07, 6.45) is 3.12. The predicted octanol–water partition coefficient (Wildman–Crippen LogP) is 3.27. The fourth-order valence-corrected chi connectivity index (χ4v) is 2.54. The highest BCUT2D eigenvalue weighted by Crippen LogP contribution is 2.17. The van der Waals surface area contributed by atoms with Gasteiger partial charge in [0, 0.05) is 17.5 Å². The van der Waals surface area contributed by atoms with Crippen molar-refractivity contribution in [3.8, 4) is 0 Å². The van der Waals surface area contributed by atoms with E-state index in [0.717, 1.165) is 24.9 Å². The molecule has 0 saturated heterocycles. The van der Waals surface area contributed by atoms with E-state index in [1.165, 1.54) is 16.3 Å². The van der Waals surface area contributed by atoms with Crippen molar-refractivity contribution >= 4 is 17.0 Å². The molecule has 84 valence electrons. The molecule has 1 aromatic heterocycles. The largest absolute Gasteiger partial charge is 0.399 e. The SMILES string of the molecule is CCCc1csc(Cc2cccc(N)c2)n1. The van der Waals surface area contributed by atoms with Gasteiger partial charge in [0.25, 0.3) is 0 Å². The fraction of sp³-hybridized carbons (Fsp3) is 0.308. The van der Waals surface area contributed by atoms with Gasteiger partial charge < -0.3 is 5.73 Å². The van der Waals surface area contributed by atoms with Crippen LogP contribution in [0, 0.1) is 0 Å². The number of nitrogens with two attached hydrogens (primary N) is 1. The Bertz CT molecular complexity index is 462. The van der Waals surface area contributed by atoms with Crippen molar-refractivity contribution in [2.45, 2.75) is 26.2 Å². The highest BCUT2D eigenvalue weighted by Gasteiger charge is 2.02.